The van der Waals surface area contributed by atoms with Crippen LogP contribution < -0.4 is 5.73 Å². The molecule has 12 heavy (non-hydrogen) atoms. The molecule has 0 saturated heterocycles. The molecule has 0 aliphatic rings. The fraction of sp³-hybridized carbons (Fsp3) is 0.250. The van der Waals surface area contributed by atoms with Gasteiger partial charge < -0.3 is 5.73 Å². The van der Waals surface area contributed by atoms with Crippen molar-refractivity contribution in [1.29, 1.82) is 0 Å². The van der Waals surface area contributed by atoms with Crippen molar-refractivity contribution in [2.45, 2.75) is 0 Å². The zero-order valence-electron chi connectivity index (χ0n) is 6.69. The highest BCUT2D eigenvalue weighted by molar-refractivity contribution is 8.14. The number of hydrogen-bond acceptors (Lipinski definition) is 3. The number of thioether (sulfide) groups is 1. The van der Waals surface area contributed by atoms with E-state index in [2.05, 4.69) is 10.7 Å². The van der Waals surface area contributed by atoms with E-state index in [1.807, 2.05) is 6.07 Å². The molecule has 1 heterocycles. The van der Waals surface area contributed by atoms with E-state index in [9.17, 15) is 4.79 Å². The fourth-order valence-electron chi connectivity index (χ4n) is 0.722. The molecule has 0 aliphatic carbocycles. The Labute approximate surface area is 75.4 Å². The van der Waals surface area contributed by atoms with Gasteiger partial charge in [-0.15, -0.1) is 0 Å². The van der Waals surface area contributed by atoms with Crippen molar-refractivity contribution in [1.82, 2.24) is 4.98 Å². The van der Waals surface area contributed by atoms with Gasteiger partial charge in [-0.2, -0.15) is 0 Å². The van der Waals surface area contributed by atoms with Crippen LogP contribution in [-0.2, 0) is 0 Å². The zero-order valence-corrected chi connectivity index (χ0v) is 7.51. The van der Waals surface area contributed by atoms with Crippen LogP contribution >= 0.6 is 11.8 Å². The number of pyridine rings is 1. The molecule has 0 aliphatic heterocycles. The number of rotatable bonds is 3. The molecule has 0 radical (unpaired) electrons. The molecule has 1 aromatic heterocycles. The van der Waals surface area contributed by atoms with Crippen molar-refractivity contribution in [2.75, 3.05) is 12.3 Å². The first-order valence-corrected chi connectivity index (χ1v) is 4.70. The van der Waals surface area contributed by atoms with E-state index in [4.69, 9.17) is 0 Å². The van der Waals surface area contributed by atoms with Gasteiger partial charge in [0.05, 0.1) is 12.3 Å². The molecule has 64 valence electrons. The van der Waals surface area contributed by atoms with Crippen molar-refractivity contribution in [3.05, 3.63) is 30.1 Å². The summed E-state index contributed by atoms with van der Waals surface area (Å²) in [6.07, 6.45) is 1.62. The molecular weight excluding hydrogens is 172 g/mol. The van der Waals surface area contributed by atoms with E-state index in [0.717, 1.165) is 12.3 Å². The van der Waals surface area contributed by atoms with E-state index in [1.54, 1.807) is 18.3 Å². The summed E-state index contributed by atoms with van der Waals surface area (Å²) >= 11 is 1.27. The lowest BCUT2D eigenvalue weighted by Gasteiger charge is -1.95. The lowest BCUT2D eigenvalue weighted by molar-refractivity contribution is -0.360. The highest BCUT2D eigenvalue weighted by atomic mass is 32.2. The maximum absolute atomic E-state index is 11.3. The first-order valence-electron chi connectivity index (χ1n) is 3.72. The molecule has 0 saturated carbocycles. The van der Waals surface area contributed by atoms with Gasteiger partial charge in [-0.1, -0.05) is 17.8 Å². The maximum Gasteiger partial charge on any atom is 0.237 e. The first kappa shape index (κ1) is 9.22. The Kier molecular flexibility index (Phi) is 3.76. The Morgan fingerprint density at radius 2 is 2.42 bits per heavy atom. The van der Waals surface area contributed by atoms with E-state index < -0.39 is 0 Å². The minimum Gasteiger partial charge on any atom is -0.357 e. The predicted molar refractivity (Wildman–Crippen MR) is 48.8 cm³/mol. The average molecular weight is 183 g/mol. The third kappa shape index (κ3) is 2.64. The molecule has 0 atom stereocenters. The van der Waals surface area contributed by atoms with Gasteiger partial charge in [0.2, 0.25) is 5.12 Å². The van der Waals surface area contributed by atoms with Crippen molar-refractivity contribution in [2.24, 2.45) is 0 Å². The molecule has 0 unspecified atom stereocenters. The number of carbonyl (C=O) groups is 1. The number of nitrogens with zero attached hydrogens (tertiary/aromatic N) is 1. The Morgan fingerprint density at radius 1 is 1.58 bits per heavy atom. The second kappa shape index (κ2) is 4.90. The first-order chi connectivity index (χ1) is 5.84. The normalized spacial score (nSPS) is 9.75. The average Bonchev–Trinajstić information content (AvgIpc) is 2.15. The highest BCUT2D eigenvalue weighted by Crippen LogP contribution is 2.07. The van der Waals surface area contributed by atoms with Crippen molar-refractivity contribution in [3.63, 3.8) is 0 Å². The Balaban J connectivity index is 2.54. The summed E-state index contributed by atoms with van der Waals surface area (Å²) < 4.78 is 0. The van der Waals surface area contributed by atoms with Gasteiger partial charge in [0.25, 0.3) is 0 Å². The minimum atomic E-state index is 0.0271. The minimum absolute atomic E-state index is 0.0271. The summed E-state index contributed by atoms with van der Waals surface area (Å²) in [5.41, 5.74) is 4.18. The van der Waals surface area contributed by atoms with E-state index in [1.165, 1.54) is 11.8 Å². The molecule has 0 fully saturated rings. The molecule has 3 nitrogen and oxygen atoms in total. The quantitative estimate of drug-likeness (QED) is 0.728. The van der Waals surface area contributed by atoms with Crippen LogP contribution in [0.2, 0.25) is 0 Å². The predicted octanol–water partition coefficient (Wildman–Crippen LogP) is 0.197. The number of quaternary nitrogens is 1. The number of aromatic nitrogens is 1. The van der Waals surface area contributed by atoms with Gasteiger partial charge in [0.15, 0.2) is 0 Å². The van der Waals surface area contributed by atoms with Gasteiger partial charge in [-0.05, 0) is 12.1 Å². The smallest absolute Gasteiger partial charge is 0.237 e. The Morgan fingerprint density at radius 3 is 3.00 bits per heavy atom. The Bertz CT molecular complexity index is 250. The lowest BCUT2D eigenvalue weighted by Crippen LogP contribution is -2.51. The largest absolute Gasteiger partial charge is 0.357 e. The van der Waals surface area contributed by atoms with E-state index in [0.29, 0.717) is 5.69 Å². The SMILES string of the molecule is [NH3+]CCSC(=O)c1ccccn1. The van der Waals surface area contributed by atoms with E-state index in [-0.39, 0.29) is 5.12 Å². The van der Waals surface area contributed by atoms with Gasteiger partial charge in [0.1, 0.15) is 5.69 Å². The molecule has 4 heteroatoms. The Hall–Kier alpha value is -0.870. The van der Waals surface area contributed by atoms with Crippen LogP contribution in [-0.4, -0.2) is 22.4 Å². The molecule has 3 N–H and O–H groups in total. The summed E-state index contributed by atoms with van der Waals surface area (Å²) in [4.78, 5) is 15.2. The van der Waals surface area contributed by atoms with Crippen LogP contribution in [0, 0.1) is 0 Å². The molecule has 1 aromatic rings. The third-order valence-corrected chi connectivity index (χ3v) is 2.22. The van der Waals surface area contributed by atoms with Crippen LogP contribution in [0.3, 0.4) is 0 Å². The summed E-state index contributed by atoms with van der Waals surface area (Å²) in [5, 5.41) is 0.0271. The summed E-state index contributed by atoms with van der Waals surface area (Å²) in [6, 6.07) is 5.33. The fourth-order valence-corrected chi connectivity index (χ4v) is 1.32. The van der Waals surface area contributed by atoms with Crippen LogP contribution in [0.5, 0.6) is 0 Å². The summed E-state index contributed by atoms with van der Waals surface area (Å²) in [6.45, 7) is 0.767. The van der Waals surface area contributed by atoms with Crippen molar-refractivity contribution >= 4 is 16.9 Å². The monoisotopic (exact) mass is 183 g/mol. The van der Waals surface area contributed by atoms with Crippen LogP contribution in [0.4, 0.5) is 0 Å². The third-order valence-electron chi connectivity index (χ3n) is 1.25. The number of carbonyl (C=O) groups excluding carboxylic acids is 1. The lowest BCUT2D eigenvalue weighted by atomic mass is 10.4. The van der Waals surface area contributed by atoms with Crippen molar-refractivity contribution in [3.8, 4) is 0 Å². The molecular formula is C8H11N2OS+. The van der Waals surface area contributed by atoms with Crippen LogP contribution in [0.25, 0.3) is 0 Å². The van der Waals surface area contributed by atoms with Gasteiger partial charge in [0, 0.05) is 6.20 Å². The second-order valence-electron chi connectivity index (χ2n) is 2.20. The van der Waals surface area contributed by atoms with Gasteiger partial charge in [-0.3, -0.25) is 9.78 Å². The topological polar surface area (TPSA) is 57.6 Å². The van der Waals surface area contributed by atoms with Gasteiger partial charge >= 0.3 is 0 Å². The van der Waals surface area contributed by atoms with E-state index >= 15 is 0 Å². The van der Waals surface area contributed by atoms with Crippen LogP contribution in [0.1, 0.15) is 10.5 Å². The standard InChI is InChI=1S/C8H10N2OS/c9-4-6-12-8(11)7-3-1-2-5-10-7/h1-3,5H,4,6,9H2/p+1. The molecule has 1 rings (SSSR count). The molecule has 0 amide bonds. The second-order valence-corrected chi connectivity index (χ2v) is 3.27. The highest BCUT2D eigenvalue weighted by Gasteiger charge is 2.05. The summed E-state index contributed by atoms with van der Waals surface area (Å²) in [5.74, 6) is 0.759. The maximum atomic E-state index is 11.3. The van der Waals surface area contributed by atoms with Gasteiger partial charge in [-0.25, -0.2) is 0 Å². The molecule has 0 bridgehead atoms. The molecule has 0 aromatic carbocycles. The molecule has 0 spiro atoms. The zero-order chi connectivity index (χ0) is 8.81. The van der Waals surface area contributed by atoms with Crippen LogP contribution in [0.15, 0.2) is 24.4 Å². The van der Waals surface area contributed by atoms with Crippen molar-refractivity contribution < 1.29 is 10.5 Å². The number of hydrogen-bond donors (Lipinski definition) is 1. The summed E-state index contributed by atoms with van der Waals surface area (Å²) in [7, 11) is 0.